The summed E-state index contributed by atoms with van der Waals surface area (Å²) in [6.45, 7) is 8.21. The molecule has 0 atom stereocenters. The van der Waals surface area contributed by atoms with Crippen LogP contribution in [-0.4, -0.2) is 6.71 Å². The summed E-state index contributed by atoms with van der Waals surface area (Å²) in [7, 11) is 0. The zero-order valence-electron chi connectivity index (χ0n) is 32.6. The summed E-state index contributed by atoms with van der Waals surface area (Å²) in [6.07, 6.45) is 5.73. The van der Waals surface area contributed by atoms with E-state index in [1.165, 1.54) is 22.1 Å². The van der Waals surface area contributed by atoms with E-state index in [2.05, 4.69) is 239 Å². The molecule has 0 aromatic heterocycles. The molecule has 2 aliphatic rings. The fourth-order valence-electron chi connectivity index (χ4n) is 8.87. The predicted octanol–water partition coefficient (Wildman–Crippen LogP) is 12.6. The first-order valence-electron chi connectivity index (χ1n) is 20.0. The van der Waals surface area contributed by atoms with Crippen LogP contribution in [-0.2, 0) is 0 Å². The average molecular weight is 757 g/mol. The highest BCUT2D eigenvalue weighted by atomic mass is 15.2. The van der Waals surface area contributed by atoms with Crippen LogP contribution in [0.1, 0.15) is 0 Å². The van der Waals surface area contributed by atoms with E-state index >= 15 is 0 Å². The second kappa shape index (κ2) is 15.3. The highest BCUT2D eigenvalue weighted by molar-refractivity contribution is 7.00. The minimum atomic E-state index is -0.0381. The van der Waals surface area contributed by atoms with Crippen molar-refractivity contribution in [2.75, 3.05) is 19.6 Å². The van der Waals surface area contributed by atoms with Crippen molar-refractivity contribution in [2.24, 2.45) is 0 Å². The van der Waals surface area contributed by atoms with Crippen molar-refractivity contribution in [3.8, 4) is 0 Å². The van der Waals surface area contributed by atoms with Gasteiger partial charge in [-0.15, -0.1) is 0 Å². The molecule has 0 saturated heterocycles. The zero-order chi connectivity index (χ0) is 39.7. The lowest BCUT2D eigenvalue weighted by Gasteiger charge is -2.44. The van der Waals surface area contributed by atoms with Crippen molar-refractivity contribution >= 4 is 85.7 Å². The molecule has 0 N–H and O–H groups in total. The van der Waals surface area contributed by atoms with Crippen molar-refractivity contribution in [1.82, 2.24) is 0 Å². The van der Waals surface area contributed by atoms with Gasteiger partial charge in [0, 0.05) is 68.3 Å². The van der Waals surface area contributed by atoms with Crippen molar-refractivity contribution < 1.29 is 0 Å². The maximum Gasteiger partial charge on any atom is 0.252 e. The summed E-state index contributed by atoms with van der Waals surface area (Å²) >= 11 is 0. The molecule has 2 aliphatic heterocycles. The Bertz CT molecular complexity index is 2790. The molecule has 5 heteroatoms. The molecule has 0 spiro atoms. The first-order chi connectivity index (χ1) is 29.2. The molecule has 8 aromatic carbocycles. The van der Waals surface area contributed by atoms with Gasteiger partial charge in [0.2, 0.25) is 0 Å². The van der Waals surface area contributed by atoms with Crippen LogP contribution in [0.5, 0.6) is 0 Å². The molecule has 10 rings (SSSR count). The highest BCUT2D eigenvalue weighted by Gasteiger charge is 2.43. The Hall–Kier alpha value is -7.76. The minimum Gasteiger partial charge on any atom is -0.311 e. The van der Waals surface area contributed by atoms with E-state index in [1.807, 2.05) is 18.2 Å². The first kappa shape index (κ1) is 35.6. The van der Waals surface area contributed by atoms with Gasteiger partial charge in [-0.25, -0.2) is 0 Å². The van der Waals surface area contributed by atoms with Gasteiger partial charge in [-0.2, -0.15) is 0 Å². The Labute approximate surface area is 347 Å². The molecule has 0 amide bonds. The Kier molecular flexibility index (Phi) is 9.24. The molecule has 0 saturated carbocycles. The van der Waals surface area contributed by atoms with E-state index in [1.54, 1.807) is 0 Å². The Morgan fingerprint density at radius 2 is 0.864 bits per heavy atom. The van der Waals surface area contributed by atoms with Gasteiger partial charge in [-0.05, 0) is 126 Å². The van der Waals surface area contributed by atoms with Gasteiger partial charge in [-0.3, -0.25) is 0 Å². The monoisotopic (exact) mass is 756 g/mol. The van der Waals surface area contributed by atoms with Gasteiger partial charge in [0.15, 0.2) is 0 Å². The number of para-hydroxylation sites is 5. The standard InChI is InChI=1S/C54H41BN4/c1-3-21-40(4-2)56(41-22-10-5-11-23-41)46-34-36-48-52(38-46)58(44-28-16-8-17-29-44)50-32-20-33-51-54(50)55(48)49-37-35-47(39-53(49)59(51)45-30-18-9-19-31-45)57(42-24-12-6-13-25-42)43-26-14-7-15-27-43/h3-39H,1-2H2/b40-21+. The number of anilines is 11. The maximum absolute atomic E-state index is 4.21. The van der Waals surface area contributed by atoms with Crippen molar-refractivity contribution in [3.63, 3.8) is 0 Å². The molecular formula is C54H41BN4. The Morgan fingerprint density at radius 1 is 0.424 bits per heavy atom. The first-order valence-corrected chi connectivity index (χ1v) is 20.0. The Morgan fingerprint density at radius 3 is 1.34 bits per heavy atom. The molecule has 0 fully saturated rings. The number of allylic oxidation sites excluding steroid dienone is 3. The Balaban J connectivity index is 1.24. The van der Waals surface area contributed by atoms with Crippen LogP contribution >= 0.6 is 0 Å². The number of benzene rings is 8. The molecule has 8 aromatic rings. The van der Waals surface area contributed by atoms with Crippen LogP contribution < -0.4 is 36.0 Å². The van der Waals surface area contributed by atoms with Gasteiger partial charge in [-0.1, -0.05) is 128 Å². The normalized spacial score (nSPS) is 12.5. The molecule has 0 bridgehead atoms. The van der Waals surface area contributed by atoms with Gasteiger partial charge in [0.25, 0.3) is 6.71 Å². The van der Waals surface area contributed by atoms with Gasteiger partial charge in [0.1, 0.15) is 0 Å². The number of hydrogen-bond donors (Lipinski definition) is 0. The summed E-state index contributed by atoms with van der Waals surface area (Å²) < 4.78 is 0. The number of nitrogens with zero attached hydrogens (tertiary/aromatic N) is 4. The molecule has 280 valence electrons. The van der Waals surface area contributed by atoms with Crippen molar-refractivity contribution in [2.45, 2.75) is 0 Å². The highest BCUT2D eigenvalue weighted by Crippen LogP contribution is 2.46. The molecule has 0 unspecified atom stereocenters. The van der Waals surface area contributed by atoms with Gasteiger partial charge in [0.05, 0.1) is 0 Å². The molecule has 0 radical (unpaired) electrons. The van der Waals surface area contributed by atoms with Crippen LogP contribution in [0.25, 0.3) is 0 Å². The lowest BCUT2D eigenvalue weighted by atomic mass is 9.33. The summed E-state index contributed by atoms with van der Waals surface area (Å²) in [6, 6.07) is 74.0. The zero-order valence-corrected chi connectivity index (χ0v) is 32.6. The van der Waals surface area contributed by atoms with E-state index in [0.29, 0.717) is 0 Å². The summed E-state index contributed by atoms with van der Waals surface area (Å²) in [5.74, 6) is 0. The van der Waals surface area contributed by atoms with E-state index < -0.39 is 0 Å². The van der Waals surface area contributed by atoms with Crippen molar-refractivity contribution in [1.29, 1.82) is 0 Å². The van der Waals surface area contributed by atoms with Gasteiger partial charge >= 0.3 is 0 Å². The third-order valence-corrected chi connectivity index (χ3v) is 11.3. The third-order valence-electron chi connectivity index (χ3n) is 11.3. The van der Waals surface area contributed by atoms with E-state index in [0.717, 1.165) is 62.6 Å². The van der Waals surface area contributed by atoms with Crippen LogP contribution in [0.4, 0.5) is 62.6 Å². The molecule has 0 aliphatic carbocycles. The number of fused-ring (bicyclic) bond motifs is 4. The van der Waals surface area contributed by atoms with E-state index in [-0.39, 0.29) is 6.71 Å². The topological polar surface area (TPSA) is 13.0 Å². The van der Waals surface area contributed by atoms with Crippen LogP contribution in [0.15, 0.2) is 243 Å². The maximum atomic E-state index is 4.21. The average Bonchev–Trinajstić information content (AvgIpc) is 3.30. The van der Waals surface area contributed by atoms with Crippen molar-refractivity contribution in [3.05, 3.63) is 243 Å². The molecule has 2 heterocycles. The number of rotatable bonds is 10. The number of hydrogen-bond acceptors (Lipinski definition) is 4. The van der Waals surface area contributed by atoms with Crippen LogP contribution in [0, 0.1) is 0 Å². The summed E-state index contributed by atoms with van der Waals surface area (Å²) in [5, 5.41) is 0. The van der Waals surface area contributed by atoms with Crippen LogP contribution in [0.3, 0.4) is 0 Å². The fraction of sp³-hybridized carbons (Fsp3) is 0. The predicted molar refractivity (Wildman–Crippen MR) is 252 cm³/mol. The fourth-order valence-corrected chi connectivity index (χ4v) is 8.87. The molecular weight excluding hydrogens is 715 g/mol. The van der Waals surface area contributed by atoms with Gasteiger partial charge < -0.3 is 19.6 Å². The smallest absolute Gasteiger partial charge is 0.252 e. The summed E-state index contributed by atoms with van der Waals surface area (Å²) in [5.41, 5.74) is 16.9. The molecule has 59 heavy (non-hydrogen) atoms. The van der Waals surface area contributed by atoms with Crippen LogP contribution in [0.2, 0.25) is 0 Å². The second-order valence-corrected chi connectivity index (χ2v) is 14.7. The second-order valence-electron chi connectivity index (χ2n) is 14.7. The summed E-state index contributed by atoms with van der Waals surface area (Å²) in [4.78, 5) is 9.50. The van der Waals surface area contributed by atoms with E-state index in [9.17, 15) is 0 Å². The third kappa shape index (κ3) is 6.21. The quantitative estimate of drug-likeness (QED) is 0.102. The SMILES string of the molecule is C=C/C=C(\C=C)N(c1ccccc1)c1ccc2c(c1)N(c1ccccc1)c1cccc3c1B2c1ccc(N(c2ccccc2)c2ccccc2)cc1N3c1ccccc1. The molecule has 4 nitrogen and oxygen atoms in total. The van der Waals surface area contributed by atoms with E-state index in [4.69, 9.17) is 0 Å². The largest absolute Gasteiger partial charge is 0.311 e. The lowest BCUT2D eigenvalue weighted by molar-refractivity contribution is 1.20. The minimum absolute atomic E-state index is 0.0381. The lowest BCUT2D eigenvalue weighted by Crippen LogP contribution is -2.61.